The van der Waals surface area contributed by atoms with Gasteiger partial charge in [0.05, 0.1) is 15.2 Å². The molecule has 1 amide bonds. The van der Waals surface area contributed by atoms with Gasteiger partial charge in [0.15, 0.2) is 0 Å². The van der Waals surface area contributed by atoms with Crippen LogP contribution in [0.15, 0.2) is 22.7 Å². The van der Waals surface area contributed by atoms with Crippen molar-refractivity contribution in [2.75, 3.05) is 11.9 Å². The highest BCUT2D eigenvalue weighted by atomic mass is 79.9. The van der Waals surface area contributed by atoms with Gasteiger partial charge in [0.25, 0.3) is 0 Å². The molecule has 0 unspecified atom stereocenters. The van der Waals surface area contributed by atoms with Gasteiger partial charge in [0.1, 0.15) is 0 Å². The second-order valence-electron chi connectivity index (χ2n) is 5.35. The van der Waals surface area contributed by atoms with Crippen molar-refractivity contribution >= 4 is 39.1 Å². The molecule has 1 aromatic rings. The Morgan fingerprint density at radius 1 is 1.42 bits per heavy atom. The van der Waals surface area contributed by atoms with Gasteiger partial charge in [-0.25, -0.2) is 0 Å². The predicted octanol–water partition coefficient (Wildman–Crippen LogP) is 4.20. The highest BCUT2D eigenvalue weighted by Crippen LogP contribution is 2.31. The number of carbonyl (C=O) groups excluding carboxylic acids is 1. The zero-order valence-corrected chi connectivity index (χ0v) is 13.6. The highest BCUT2D eigenvalue weighted by molar-refractivity contribution is 9.10. The van der Waals surface area contributed by atoms with E-state index < -0.39 is 0 Å². The smallest absolute Gasteiger partial charge is 0.224 e. The summed E-state index contributed by atoms with van der Waals surface area (Å²) >= 11 is 9.34. The lowest BCUT2D eigenvalue weighted by atomic mass is 9.84. The molecule has 0 spiro atoms. The van der Waals surface area contributed by atoms with E-state index in [0.29, 0.717) is 28.1 Å². The second kappa shape index (κ2) is 7.27. The number of halogens is 2. The van der Waals surface area contributed by atoms with Crippen LogP contribution in [0.3, 0.4) is 0 Å². The van der Waals surface area contributed by atoms with Crippen molar-refractivity contribution in [2.45, 2.75) is 33.1 Å². The fourth-order valence-electron chi connectivity index (χ4n) is 1.78. The Balaban J connectivity index is 2.54. The van der Waals surface area contributed by atoms with Crippen LogP contribution in [0.2, 0.25) is 5.02 Å². The standard InChI is InChI=1S/C14H20BrClN2O/c1-14(2,8-9-17)7-6-12(19)18-11-5-3-4-10(16)13(11)15/h3-5H,6-9,17H2,1-2H3,(H,18,19). The monoisotopic (exact) mass is 346 g/mol. The molecule has 3 N–H and O–H groups in total. The molecule has 1 rings (SSSR count). The van der Waals surface area contributed by atoms with E-state index in [4.69, 9.17) is 17.3 Å². The topological polar surface area (TPSA) is 55.1 Å². The molecule has 0 heterocycles. The molecule has 5 heteroatoms. The van der Waals surface area contributed by atoms with Gasteiger partial charge in [0, 0.05) is 6.42 Å². The Labute approximate surface area is 128 Å². The van der Waals surface area contributed by atoms with Gasteiger partial charge >= 0.3 is 0 Å². The van der Waals surface area contributed by atoms with E-state index >= 15 is 0 Å². The zero-order valence-electron chi connectivity index (χ0n) is 11.3. The van der Waals surface area contributed by atoms with E-state index in [1.54, 1.807) is 12.1 Å². The lowest BCUT2D eigenvalue weighted by Crippen LogP contribution is -2.20. The summed E-state index contributed by atoms with van der Waals surface area (Å²) in [4.78, 5) is 11.9. The minimum absolute atomic E-state index is 0.00642. The molecule has 19 heavy (non-hydrogen) atoms. The van der Waals surface area contributed by atoms with Crippen molar-refractivity contribution in [2.24, 2.45) is 11.1 Å². The average Bonchev–Trinajstić information content (AvgIpc) is 2.33. The van der Waals surface area contributed by atoms with Gasteiger partial charge in [-0.2, -0.15) is 0 Å². The number of hydrogen-bond acceptors (Lipinski definition) is 2. The van der Waals surface area contributed by atoms with Gasteiger partial charge in [0.2, 0.25) is 5.91 Å². The van der Waals surface area contributed by atoms with Gasteiger partial charge in [-0.3, -0.25) is 4.79 Å². The molecule has 0 atom stereocenters. The van der Waals surface area contributed by atoms with E-state index in [1.807, 2.05) is 6.07 Å². The van der Waals surface area contributed by atoms with Crippen molar-refractivity contribution in [3.63, 3.8) is 0 Å². The number of nitrogens with one attached hydrogen (secondary N) is 1. The van der Waals surface area contributed by atoms with Crippen molar-refractivity contribution < 1.29 is 4.79 Å². The SMILES string of the molecule is CC(C)(CCN)CCC(=O)Nc1cccc(Cl)c1Br. The second-order valence-corrected chi connectivity index (χ2v) is 6.55. The summed E-state index contributed by atoms with van der Waals surface area (Å²) in [5, 5.41) is 3.45. The molecular weight excluding hydrogens is 328 g/mol. The average molecular weight is 348 g/mol. The van der Waals surface area contributed by atoms with Crippen LogP contribution in [0, 0.1) is 5.41 Å². The van der Waals surface area contributed by atoms with Crippen LogP contribution in [0.5, 0.6) is 0 Å². The maximum Gasteiger partial charge on any atom is 0.224 e. The Morgan fingerprint density at radius 3 is 2.74 bits per heavy atom. The molecule has 0 saturated carbocycles. The van der Waals surface area contributed by atoms with Crippen LogP contribution in [0.1, 0.15) is 33.1 Å². The molecule has 0 aliphatic heterocycles. The molecule has 0 bridgehead atoms. The molecule has 0 fully saturated rings. The fraction of sp³-hybridized carbons (Fsp3) is 0.500. The number of benzene rings is 1. The minimum atomic E-state index is -0.00642. The molecule has 1 aromatic carbocycles. The largest absolute Gasteiger partial charge is 0.330 e. The summed E-state index contributed by atoms with van der Waals surface area (Å²) in [6.45, 7) is 4.90. The van der Waals surface area contributed by atoms with E-state index in [2.05, 4.69) is 35.1 Å². The first-order valence-electron chi connectivity index (χ1n) is 6.30. The molecule has 0 saturated heterocycles. The van der Waals surface area contributed by atoms with E-state index in [0.717, 1.165) is 12.8 Å². The van der Waals surface area contributed by atoms with Crippen LogP contribution in [0.4, 0.5) is 5.69 Å². The molecule has 0 aliphatic carbocycles. The van der Waals surface area contributed by atoms with Crippen molar-refractivity contribution in [1.29, 1.82) is 0 Å². The Hall–Kier alpha value is -0.580. The Kier molecular flexibility index (Phi) is 6.30. The number of rotatable bonds is 6. The zero-order chi connectivity index (χ0) is 14.5. The normalized spacial score (nSPS) is 11.4. The highest BCUT2D eigenvalue weighted by Gasteiger charge is 2.18. The Morgan fingerprint density at radius 2 is 2.11 bits per heavy atom. The van der Waals surface area contributed by atoms with Crippen LogP contribution >= 0.6 is 27.5 Å². The predicted molar refractivity (Wildman–Crippen MR) is 84.5 cm³/mol. The summed E-state index contributed by atoms with van der Waals surface area (Å²) in [5.41, 5.74) is 6.36. The van der Waals surface area contributed by atoms with Gasteiger partial charge < -0.3 is 11.1 Å². The van der Waals surface area contributed by atoms with E-state index in [9.17, 15) is 4.79 Å². The maximum atomic E-state index is 11.9. The number of nitrogens with two attached hydrogens (primary N) is 1. The first kappa shape index (κ1) is 16.5. The first-order chi connectivity index (χ1) is 8.85. The van der Waals surface area contributed by atoms with E-state index in [-0.39, 0.29) is 11.3 Å². The summed E-state index contributed by atoms with van der Waals surface area (Å²) in [5.74, 6) is -0.00642. The van der Waals surface area contributed by atoms with E-state index in [1.165, 1.54) is 0 Å². The number of anilines is 1. The van der Waals surface area contributed by atoms with Crippen LogP contribution in [-0.2, 0) is 4.79 Å². The fourth-order valence-corrected chi connectivity index (χ4v) is 2.32. The summed E-state index contributed by atoms with van der Waals surface area (Å²) < 4.78 is 0.714. The number of amides is 1. The lowest BCUT2D eigenvalue weighted by Gasteiger charge is -2.23. The maximum absolute atomic E-state index is 11.9. The lowest BCUT2D eigenvalue weighted by molar-refractivity contribution is -0.116. The third-order valence-corrected chi connectivity index (χ3v) is 4.47. The minimum Gasteiger partial charge on any atom is -0.330 e. The van der Waals surface area contributed by atoms with Crippen LogP contribution < -0.4 is 11.1 Å². The third kappa shape index (κ3) is 5.51. The van der Waals surface area contributed by atoms with Crippen molar-refractivity contribution in [1.82, 2.24) is 0 Å². The van der Waals surface area contributed by atoms with Gasteiger partial charge in [-0.1, -0.05) is 31.5 Å². The van der Waals surface area contributed by atoms with Gasteiger partial charge in [-0.15, -0.1) is 0 Å². The van der Waals surface area contributed by atoms with Crippen LogP contribution in [-0.4, -0.2) is 12.5 Å². The number of hydrogen-bond donors (Lipinski definition) is 2. The quantitative estimate of drug-likeness (QED) is 0.810. The third-order valence-electron chi connectivity index (χ3n) is 3.08. The molecular formula is C14H20BrClN2O. The van der Waals surface area contributed by atoms with Gasteiger partial charge in [-0.05, 0) is 52.9 Å². The molecule has 0 aromatic heterocycles. The molecule has 106 valence electrons. The molecule has 3 nitrogen and oxygen atoms in total. The summed E-state index contributed by atoms with van der Waals surface area (Å²) in [6.07, 6.45) is 2.21. The molecule has 0 radical (unpaired) electrons. The van der Waals surface area contributed by atoms with Crippen molar-refractivity contribution in [3.05, 3.63) is 27.7 Å². The van der Waals surface area contributed by atoms with Crippen molar-refractivity contribution in [3.8, 4) is 0 Å². The first-order valence-corrected chi connectivity index (χ1v) is 7.47. The summed E-state index contributed by atoms with van der Waals surface area (Å²) in [6, 6.07) is 5.39. The van der Waals surface area contributed by atoms with Crippen LogP contribution in [0.25, 0.3) is 0 Å². The number of carbonyl (C=O) groups is 1. The molecule has 0 aliphatic rings. The Bertz CT molecular complexity index is 449. The summed E-state index contributed by atoms with van der Waals surface area (Å²) in [7, 11) is 0.